The van der Waals surface area contributed by atoms with Crippen LogP contribution >= 0.6 is 24.8 Å². The molecule has 24 heavy (non-hydrogen) atoms. The Kier molecular flexibility index (Phi) is 9.73. The molecule has 2 N–H and O–H groups in total. The van der Waals surface area contributed by atoms with Crippen LogP contribution in [-0.4, -0.2) is 42.4 Å². The van der Waals surface area contributed by atoms with Crippen LogP contribution in [0.5, 0.6) is 0 Å². The third kappa shape index (κ3) is 6.51. The minimum absolute atomic E-state index is 0. The number of halogens is 4. The second kappa shape index (κ2) is 10.1. The van der Waals surface area contributed by atoms with E-state index in [1.165, 1.54) is 0 Å². The van der Waals surface area contributed by atoms with Gasteiger partial charge in [0.05, 0.1) is 12.6 Å². The molecular weight excluding hydrogens is 359 g/mol. The van der Waals surface area contributed by atoms with Crippen LogP contribution in [0.3, 0.4) is 0 Å². The highest BCUT2D eigenvalue weighted by atomic mass is 35.5. The van der Waals surface area contributed by atoms with Gasteiger partial charge in [-0.3, -0.25) is 15.0 Å². The lowest BCUT2D eigenvalue weighted by Crippen LogP contribution is -2.35. The van der Waals surface area contributed by atoms with Crippen LogP contribution in [0.15, 0.2) is 24.3 Å². The van der Waals surface area contributed by atoms with Crippen molar-refractivity contribution in [1.29, 1.82) is 0 Å². The van der Waals surface area contributed by atoms with Gasteiger partial charge in [0.25, 0.3) is 5.92 Å². The van der Waals surface area contributed by atoms with E-state index in [0.29, 0.717) is 5.69 Å². The first kappa shape index (κ1) is 23.1. The average Bonchev–Trinajstić information content (AvgIpc) is 2.85. The Labute approximate surface area is 154 Å². The molecule has 138 valence electrons. The smallest absolute Gasteiger partial charge is 0.262 e. The van der Waals surface area contributed by atoms with Crippen molar-refractivity contribution in [3.8, 4) is 0 Å². The van der Waals surface area contributed by atoms with Gasteiger partial charge in [0, 0.05) is 18.7 Å². The maximum Gasteiger partial charge on any atom is 0.262 e. The Morgan fingerprint density at radius 2 is 2.00 bits per heavy atom. The van der Waals surface area contributed by atoms with E-state index in [1.807, 2.05) is 18.2 Å². The summed E-state index contributed by atoms with van der Waals surface area (Å²) in [5.74, 6) is -3.20. The molecule has 1 aliphatic rings. The SMILES string of the molecule is CCN(CC)Cc1cccc(NC(=O)C2CC(F)(F)CN2)c1.Cl.Cl. The van der Waals surface area contributed by atoms with Crippen LogP contribution < -0.4 is 10.6 Å². The van der Waals surface area contributed by atoms with E-state index in [-0.39, 0.29) is 24.8 Å². The molecule has 1 amide bonds. The first-order valence-corrected chi connectivity index (χ1v) is 7.67. The van der Waals surface area contributed by atoms with E-state index >= 15 is 0 Å². The van der Waals surface area contributed by atoms with Gasteiger partial charge in [0.1, 0.15) is 0 Å². The van der Waals surface area contributed by atoms with Crippen molar-refractivity contribution >= 4 is 36.4 Å². The number of carbonyl (C=O) groups is 1. The number of hydrogen-bond donors (Lipinski definition) is 2. The number of alkyl halides is 2. The van der Waals surface area contributed by atoms with E-state index in [9.17, 15) is 13.6 Å². The number of nitrogens with zero attached hydrogens (tertiary/aromatic N) is 1. The Hall–Kier alpha value is -0.950. The molecule has 1 aliphatic heterocycles. The standard InChI is InChI=1S/C16H23F2N3O.2ClH/c1-3-21(4-2)10-12-6-5-7-13(8-12)20-15(22)14-9-16(17,18)11-19-14;;/h5-8,14,19H,3-4,9-11H2,1-2H3,(H,20,22);2*1H. The average molecular weight is 384 g/mol. The summed E-state index contributed by atoms with van der Waals surface area (Å²) in [6.07, 6.45) is -0.446. The summed E-state index contributed by atoms with van der Waals surface area (Å²) in [5, 5.41) is 5.28. The predicted molar refractivity (Wildman–Crippen MR) is 97.5 cm³/mol. The second-order valence-electron chi connectivity index (χ2n) is 5.64. The molecule has 0 spiro atoms. The Morgan fingerprint density at radius 1 is 1.33 bits per heavy atom. The molecule has 1 fully saturated rings. The zero-order valence-electron chi connectivity index (χ0n) is 13.9. The fourth-order valence-corrected chi connectivity index (χ4v) is 2.58. The third-order valence-corrected chi connectivity index (χ3v) is 3.92. The van der Waals surface area contributed by atoms with Gasteiger partial charge in [0.2, 0.25) is 5.91 Å². The van der Waals surface area contributed by atoms with Gasteiger partial charge < -0.3 is 5.32 Å². The topological polar surface area (TPSA) is 44.4 Å². The summed E-state index contributed by atoms with van der Waals surface area (Å²) in [7, 11) is 0. The quantitative estimate of drug-likeness (QED) is 0.791. The normalized spacial score (nSPS) is 18.6. The lowest BCUT2D eigenvalue weighted by Gasteiger charge is -2.18. The number of anilines is 1. The van der Waals surface area contributed by atoms with Gasteiger partial charge in [0.15, 0.2) is 0 Å². The number of nitrogens with one attached hydrogen (secondary N) is 2. The highest BCUT2D eigenvalue weighted by molar-refractivity contribution is 5.95. The van der Waals surface area contributed by atoms with Crippen LogP contribution in [0, 0.1) is 0 Å². The molecular formula is C16H25Cl2F2N3O. The molecule has 0 aromatic heterocycles. The monoisotopic (exact) mass is 383 g/mol. The molecule has 0 saturated carbocycles. The van der Waals surface area contributed by atoms with Crippen molar-refractivity contribution in [2.75, 3.05) is 25.0 Å². The molecule has 2 rings (SSSR count). The first-order valence-electron chi connectivity index (χ1n) is 7.67. The molecule has 1 aromatic rings. The van der Waals surface area contributed by atoms with Crippen molar-refractivity contribution in [3.05, 3.63) is 29.8 Å². The van der Waals surface area contributed by atoms with Crippen LogP contribution in [0.2, 0.25) is 0 Å². The first-order chi connectivity index (χ1) is 10.4. The third-order valence-electron chi connectivity index (χ3n) is 3.92. The number of benzene rings is 1. The molecule has 0 aliphatic carbocycles. The second-order valence-corrected chi connectivity index (χ2v) is 5.64. The van der Waals surface area contributed by atoms with Gasteiger partial charge in [-0.25, -0.2) is 8.78 Å². The number of carbonyl (C=O) groups excluding carboxylic acids is 1. The summed E-state index contributed by atoms with van der Waals surface area (Å²) in [6, 6.07) is 6.70. The van der Waals surface area contributed by atoms with Crippen LogP contribution in [-0.2, 0) is 11.3 Å². The Bertz CT molecular complexity index is 528. The lowest BCUT2D eigenvalue weighted by molar-refractivity contribution is -0.118. The van der Waals surface area contributed by atoms with Gasteiger partial charge in [-0.15, -0.1) is 24.8 Å². The molecule has 0 bridgehead atoms. The van der Waals surface area contributed by atoms with Crippen molar-refractivity contribution in [1.82, 2.24) is 10.2 Å². The molecule has 0 radical (unpaired) electrons. The molecule has 8 heteroatoms. The molecule has 1 aromatic carbocycles. The lowest BCUT2D eigenvalue weighted by atomic mass is 10.1. The fourth-order valence-electron chi connectivity index (χ4n) is 2.58. The highest BCUT2D eigenvalue weighted by Crippen LogP contribution is 2.25. The van der Waals surface area contributed by atoms with Gasteiger partial charge in [-0.1, -0.05) is 26.0 Å². The van der Waals surface area contributed by atoms with Crippen molar-refractivity contribution < 1.29 is 13.6 Å². The van der Waals surface area contributed by atoms with Gasteiger partial charge >= 0.3 is 0 Å². The Balaban J connectivity index is 0.00000264. The molecule has 1 atom stereocenters. The summed E-state index contributed by atoms with van der Waals surface area (Å²) < 4.78 is 26.3. The zero-order chi connectivity index (χ0) is 16.2. The number of hydrogen-bond acceptors (Lipinski definition) is 3. The zero-order valence-corrected chi connectivity index (χ0v) is 15.5. The minimum Gasteiger partial charge on any atom is -0.325 e. The van der Waals surface area contributed by atoms with Crippen molar-refractivity contribution in [2.45, 2.75) is 38.8 Å². The fraction of sp³-hybridized carbons (Fsp3) is 0.562. The van der Waals surface area contributed by atoms with E-state index in [1.54, 1.807) is 6.07 Å². The maximum atomic E-state index is 13.1. The van der Waals surface area contributed by atoms with Crippen LogP contribution in [0.4, 0.5) is 14.5 Å². The largest absolute Gasteiger partial charge is 0.325 e. The molecule has 1 heterocycles. The predicted octanol–water partition coefficient (Wildman–Crippen LogP) is 3.31. The summed E-state index contributed by atoms with van der Waals surface area (Å²) >= 11 is 0. The Morgan fingerprint density at radius 3 is 2.54 bits per heavy atom. The van der Waals surface area contributed by atoms with Crippen LogP contribution in [0.1, 0.15) is 25.8 Å². The van der Waals surface area contributed by atoms with Crippen molar-refractivity contribution in [2.24, 2.45) is 0 Å². The number of rotatable bonds is 6. The summed E-state index contributed by atoms with van der Waals surface area (Å²) in [5.41, 5.74) is 1.73. The molecule has 1 saturated heterocycles. The van der Waals surface area contributed by atoms with E-state index in [2.05, 4.69) is 29.4 Å². The highest BCUT2D eigenvalue weighted by Gasteiger charge is 2.42. The molecule has 1 unspecified atom stereocenters. The summed E-state index contributed by atoms with van der Waals surface area (Å²) in [4.78, 5) is 14.3. The van der Waals surface area contributed by atoms with E-state index < -0.39 is 30.8 Å². The van der Waals surface area contributed by atoms with Gasteiger partial charge in [-0.05, 0) is 30.8 Å². The van der Waals surface area contributed by atoms with Crippen molar-refractivity contribution in [3.63, 3.8) is 0 Å². The van der Waals surface area contributed by atoms with E-state index in [0.717, 1.165) is 25.2 Å². The minimum atomic E-state index is -2.80. The van der Waals surface area contributed by atoms with Gasteiger partial charge in [-0.2, -0.15) is 0 Å². The van der Waals surface area contributed by atoms with Crippen LogP contribution in [0.25, 0.3) is 0 Å². The maximum absolute atomic E-state index is 13.1. The number of amides is 1. The molecule has 4 nitrogen and oxygen atoms in total. The summed E-state index contributed by atoms with van der Waals surface area (Å²) in [6.45, 7) is 6.47. The van der Waals surface area contributed by atoms with E-state index in [4.69, 9.17) is 0 Å².